The van der Waals surface area contributed by atoms with Crippen LogP contribution in [0.3, 0.4) is 0 Å². The SMILES string of the molecule is C=C(C)CN1CCN(C(=O)c2ccn(C)c2C)CC1. The average Bonchev–Trinajstić information content (AvgIpc) is 2.69. The van der Waals surface area contributed by atoms with E-state index in [4.69, 9.17) is 0 Å². The summed E-state index contributed by atoms with van der Waals surface area (Å²) in [6, 6.07) is 1.91. The minimum absolute atomic E-state index is 0.160. The third-order valence-electron chi connectivity index (χ3n) is 3.77. The van der Waals surface area contributed by atoms with Gasteiger partial charge in [0.1, 0.15) is 0 Å². The zero-order chi connectivity index (χ0) is 14.0. The Morgan fingerprint density at radius 2 is 1.95 bits per heavy atom. The minimum atomic E-state index is 0.160. The first-order valence-electron chi connectivity index (χ1n) is 6.77. The number of carbonyl (C=O) groups excluding carboxylic acids is 1. The van der Waals surface area contributed by atoms with E-state index < -0.39 is 0 Å². The molecule has 0 N–H and O–H groups in total. The Morgan fingerprint density at radius 3 is 2.42 bits per heavy atom. The zero-order valence-corrected chi connectivity index (χ0v) is 12.1. The highest BCUT2D eigenvalue weighted by Crippen LogP contribution is 2.14. The zero-order valence-electron chi connectivity index (χ0n) is 12.1. The Labute approximate surface area is 115 Å². The lowest BCUT2D eigenvalue weighted by Crippen LogP contribution is -2.49. The highest BCUT2D eigenvalue weighted by atomic mass is 16.2. The summed E-state index contributed by atoms with van der Waals surface area (Å²) >= 11 is 0. The van der Waals surface area contributed by atoms with Crippen LogP contribution < -0.4 is 0 Å². The number of nitrogens with zero attached hydrogens (tertiary/aromatic N) is 3. The average molecular weight is 261 g/mol. The van der Waals surface area contributed by atoms with Crippen molar-refractivity contribution in [3.63, 3.8) is 0 Å². The van der Waals surface area contributed by atoms with E-state index in [0.29, 0.717) is 0 Å². The smallest absolute Gasteiger partial charge is 0.255 e. The van der Waals surface area contributed by atoms with Crippen molar-refractivity contribution in [2.45, 2.75) is 13.8 Å². The molecule has 0 aliphatic carbocycles. The standard InChI is InChI=1S/C15H23N3O/c1-12(2)11-17-7-9-18(10-8-17)15(19)14-5-6-16(4)13(14)3/h5-6H,1,7-11H2,2-4H3. The molecule has 4 nitrogen and oxygen atoms in total. The first-order valence-corrected chi connectivity index (χ1v) is 6.77. The second-order valence-electron chi connectivity index (χ2n) is 5.45. The number of hydrogen-bond acceptors (Lipinski definition) is 2. The van der Waals surface area contributed by atoms with Crippen molar-refractivity contribution in [2.75, 3.05) is 32.7 Å². The molecule has 0 atom stereocenters. The quantitative estimate of drug-likeness (QED) is 0.774. The molecule has 4 heteroatoms. The number of aromatic nitrogens is 1. The van der Waals surface area contributed by atoms with Crippen LogP contribution in [-0.4, -0.2) is 53.0 Å². The molecular formula is C15H23N3O. The summed E-state index contributed by atoms with van der Waals surface area (Å²) in [7, 11) is 1.97. The third-order valence-corrected chi connectivity index (χ3v) is 3.77. The third kappa shape index (κ3) is 3.07. The fraction of sp³-hybridized carbons (Fsp3) is 0.533. The van der Waals surface area contributed by atoms with Crippen molar-refractivity contribution in [1.82, 2.24) is 14.4 Å². The molecule has 0 unspecified atom stereocenters. The largest absolute Gasteiger partial charge is 0.354 e. The lowest BCUT2D eigenvalue weighted by Gasteiger charge is -2.34. The van der Waals surface area contributed by atoms with Crippen LogP contribution in [-0.2, 0) is 7.05 Å². The minimum Gasteiger partial charge on any atom is -0.354 e. The van der Waals surface area contributed by atoms with E-state index in [1.165, 1.54) is 5.57 Å². The Hall–Kier alpha value is -1.55. The van der Waals surface area contributed by atoms with E-state index in [0.717, 1.165) is 44.0 Å². The van der Waals surface area contributed by atoms with Crippen molar-refractivity contribution < 1.29 is 4.79 Å². The van der Waals surface area contributed by atoms with Crippen LogP contribution >= 0.6 is 0 Å². The van der Waals surface area contributed by atoms with Crippen LogP contribution in [0.1, 0.15) is 23.0 Å². The molecule has 1 saturated heterocycles. The maximum Gasteiger partial charge on any atom is 0.255 e. The van der Waals surface area contributed by atoms with Crippen LogP contribution in [0.2, 0.25) is 0 Å². The van der Waals surface area contributed by atoms with Gasteiger partial charge >= 0.3 is 0 Å². The molecule has 19 heavy (non-hydrogen) atoms. The molecule has 1 aromatic heterocycles. The normalized spacial score (nSPS) is 16.7. The molecule has 1 aromatic rings. The molecule has 0 bridgehead atoms. The number of amides is 1. The lowest BCUT2D eigenvalue weighted by atomic mass is 10.2. The highest BCUT2D eigenvalue weighted by molar-refractivity contribution is 5.95. The number of rotatable bonds is 3. The van der Waals surface area contributed by atoms with Gasteiger partial charge in [-0.25, -0.2) is 0 Å². The lowest BCUT2D eigenvalue weighted by molar-refractivity contribution is 0.0647. The predicted octanol–water partition coefficient (Wildman–Crippen LogP) is 1.67. The topological polar surface area (TPSA) is 28.5 Å². The molecule has 0 aromatic carbocycles. The summed E-state index contributed by atoms with van der Waals surface area (Å²) in [5.74, 6) is 0.160. The van der Waals surface area contributed by atoms with Gasteiger partial charge in [-0.05, 0) is 19.9 Å². The van der Waals surface area contributed by atoms with Crippen molar-refractivity contribution in [3.8, 4) is 0 Å². The molecular weight excluding hydrogens is 238 g/mol. The monoisotopic (exact) mass is 261 g/mol. The Morgan fingerprint density at radius 1 is 1.32 bits per heavy atom. The van der Waals surface area contributed by atoms with E-state index in [1.54, 1.807) is 0 Å². The first kappa shape index (κ1) is 13.9. The van der Waals surface area contributed by atoms with Crippen LogP contribution in [0.15, 0.2) is 24.4 Å². The maximum absolute atomic E-state index is 12.4. The fourth-order valence-corrected chi connectivity index (χ4v) is 2.50. The van der Waals surface area contributed by atoms with Gasteiger partial charge in [0.15, 0.2) is 0 Å². The van der Waals surface area contributed by atoms with Crippen LogP contribution in [0, 0.1) is 6.92 Å². The summed E-state index contributed by atoms with van der Waals surface area (Å²) in [4.78, 5) is 16.7. The predicted molar refractivity (Wildman–Crippen MR) is 77.3 cm³/mol. The van der Waals surface area contributed by atoms with Crippen LogP contribution in [0.25, 0.3) is 0 Å². The van der Waals surface area contributed by atoms with Crippen molar-refractivity contribution in [3.05, 3.63) is 35.7 Å². The van der Waals surface area contributed by atoms with E-state index in [-0.39, 0.29) is 5.91 Å². The fourth-order valence-electron chi connectivity index (χ4n) is 2.50. The molecule has 1 amide bonds. The molecule has 0 radical (unpaired) electrons. The van der Waals surface area contributed by atoms with Crippen molar-refractivity contribution >= 4 is 5.91 Å². The van der Waals surface area contributed by atoms with Crippen LogP contribution in [0.5, 0.6) is 0 Å². The summed E-state index contributed by atoms with van der Waals surface area (Å²) in [5, 5.41) is 0. The summed E-state index contributed by atoms with van der Waals surface area (Å²) in [6.07, 6.45) is 1.94. The van der Waals surface area contributed by atoms with Crippen molar-refractivity contribution in [2.24, 2.45) is 7.05 Å². The van der Waals surface area contributed by atoms with E-state index >= 15 is 0 Å². The van der Waals surface area contributed by atoms with Crippen molar-refractivity contribution in [1.29, 1.82) is 0 Å². The molecule has 2 rings (SSSR count). The summed E-state index contributed by atoms with van der Waals surface area (Å²) in [5.41, 5.74) is 3.05. The van der Waals surface area contributed by atoms with Gasteiger partial charge in [0, 0.05) is 51.7 Å². The van der Waals surface area contributed by atoms with Gasteiger partial charge in [0.05, 0.1) is 5.56 Å². The molecule has 2 heterocycles. The Bertz CT molecular complexity index is 482. The number of piperazine rings is 1. The van der Waals surface area contributed by atoms with Gasteiger partial charge < -0.3 is 9.47 Å². The van der Waals surface area contributed by atoms with E-state index in [9.17, 15) is 4.79 Å². The summed E-state index contributed by atoms with van der Waals surface area (Å²) in [6.45, 7) is 12.4. The molecule has 1 fully saturated rings. The second-order valence-corrected chi connectivity index (χ2v) is 5.45. The summed E-state index contributed by atoms with van der Waals surface area (Å²) < 4.78 is 1.99. The van der Waals surface area contributed by atoms with Gasteiger partial charge in [0.25, 0.3) is 5.91 Å². The van der Waals surface area contributed by atoms with E-state index in [1.807, 2.05) is 42.6 Å². The first-order chi connectivity index (χ1) is 8.99. The Balaban J connectivity index is 1.96. The number of aryl methyl sites for hydroxylation is 1. The van der Waals surface area contributed by atoms with Gasteiger partial charge in [-0.2, -0.15) is 0 Å². The maximum atomic E-state index is 12.4. The van der Waals surface area contributed by atoms with Gasteiger partial charge in [0.2, 0.25) is 0 Å². The van der Waals surface area contributed by atoms with Crippen LogP contribution in [0.4, 0.5) is 0 Å². The van der Waals surface area contributed by atoms with Gasteiger partial charge in [-0.15, -0.1) is 0 Å². The molecule has 104 valence electrons. The second kappa shape index (κ2) is 5.61. The molecule has 0 saturated carbocycles. The highest BCUT2D eigenvalue weighted by Gasteiger charge is 2.23. The van der Waals surface area contributed by atoms with E-state index in [2.05, 4.69) is 11.5 Å². The number of carbonyl (C=O) groups is 1. The molecule has 1 aliphatic rings. The van der Waals surface area contributed by atoms with Gasteiger partial charge in [-0.1, -0.05) is 12.2 Å². The van der Waals surface area contributed by atoms with Gasteiger partial charge in [-0.3, -0.25) is 9.69 Å². The molecule has 1 aliphatic heterocycles. The Kier molecular flexibility index (Phi) is 4.10. The number of hydrogen-bond donors (Lipinski definition) is 0. The molecule has 0 spiro atoms.